The van der Waals surface area contributed by atoms with E-state index in [0.717, 1.165) is 35.4 Å². The van der Waals surface area contributed by atoms with Crippen molar-refractivity contribution in [2.75, 3.05) is 6.54 Å². The number of rotatable bonds is 3. The molecule has 0 saturated heterocycles. The van der Waals surface area contributed by atoms with Crippen molar-refractivity contribution < 1.29 is 4.79 Å². The molecule has 2 nitrogen and oxygen atoms in total. The van der Waals surface area contributed by atoms with Crippen LogP contribution in [0.25, 0.3) is 0 Å². The highest BCUT2D eigenvalue weighted by Gasteiger charge is 2.39. The lowest BCUT2D eigenvalue weighted by atomic mass is 9.89. The molecular formula is C16H21NO. The molecule has 1 amide bonds. The Bertz CT molecular complexity index is 454. The third kappa shape index (κ3) is 2.29. The van der Waals surface area contributed by atoms with Gasteiger partial charge in [-0.2, -0.15) is 0 Å². The lowest BCUT2D eigenvalue weighted by Crippen LogP contribution is -2.31. The van der Waals surface area contributed by atoms with Crippen LogP contribution in [0.15, 0.2) is 24.3 Å². The Balaban J connectivity index is 1.56. The molecule has 2 aliphatic carbocycles. The van der Waals surface area contributed by atoms with E-state index in [0.29, 0.717) is 0 Å². The van der Waals surface area contributed by atoms with Gasteiger partial charge in [0.1, 0.15) is 0 Å². The second kappa shape index (κ2) is 4.75. The van der Waals surface area contributed by atoms with Crippen molar-refractivity contribution in [3.63, 3.8) is 0 Å². The number of carbonyl (C=O) groups is 1. The first-order valence-corrected chi connectivity index (χ1v) is 7.07. The van der Waals surface area contributed by atoms with Crippen molar-refractivity contribution in [2.45, 2.75) is 32.6 Å². The van der Waals surface area contributed by atoms with Crippen LogP contribution in [-0.2, 0) is 0 Å². The van der Waals surface area contributed by atoms with Gasteiger partial charge in [-0.15, -0.1) is 0 Å². The molecule has 1 aromatic carbocycles. The minimum atomic E-state index is 0.0847. The molecule has 18 heavy (non-hydrogen) atoms. The zero-order chi connectivity index (χ0) is 12.5. The van der Waals surface area contributed by atoms with Crippen LogP contribution in [0.2, 0.25) is 0 Å². The maximum absolute atomic E-state index is 12.0. The summed E-state index contributed by atoms with van der Waals surface area (Å²) in [5.74, 6) is 2.66. The van der Waals surface area contributed by atoms with E-state index in [4.69, 9.17) is 0 Å². The first-order chi connectivity index (χ1) is 8.72. The van der Waals surface area contributed by atoms with Gasteiger partial charge in [-0.25, -0.2) is 0 Å². The minimum Gasteiger partial charge on any atom is -0.352 e. The number of fused-ring (bicyclic) bond motifs is 2. The van der Waals surface area contributed by atoms with E-state index in [1.807, 2.05) is 31.2 Å². The molecule has 3 rings (SSSR count). The number of hydrogen-bond acceptors (Lipinski definition) is 1. The molecule has 3 atom stereocenters. The lowest BCUT2D eigenvalue weighted by Gasteiger charge is -2.21. The molecular weight excluding hydrogens is 222 g/mol. The van der Waals surface area contributed by atoms with Crippen LogP contribution in [0.4, 0.5) is 0 Å². The van der Waals surface area contributed by atoms with Gasteiger partial charge < -0.3 is 5.32 Å². The fraction of sp³-hybridized carbons (Fsp3) is 0.562. The van der Waals surface area contributed by atoms with E-state index >= 15 is 0 Å². The SMILES string of the molecule is Cc1cccc(C(=O)NC[C@@H]2C[C@@H]3CC[C@@H]2C3)c1. The van der Waals surface area contributed by atoms with Crippen LogP contribution in [0, 0.1) is 24.7 Å². The molecule has 2 saturated carbocycles. The third-order valence-electron chi connectivity index (χ3n) is 4.69. The molecule has 0 aliphatic heterocycles. The van der Waals surface area contributed by atoms with Crippen molar-refractivity contribution in [3.8, 4) is 0 Å². The summed E-state index contributed by atoms with van der Waals surface area (Å²) in [4.78, 5) is 12.0. The summed E-state index contributed by atoms with van der Waals surface area (Å²) in [5.41, 5.74) is 1.93. The topological polar surface area (TPSA) is 29.1 Å². The maximum Gasteiger partial charge on any atom is 0.251 e. The minimum absolute atomic E-state index is 0.0847. The van der Waals surface area contributed by atoms with Gasteiger partial charge in [0, 0.05) is 12.1 Å². The Kier molecular flexibility index (Phi) is 3.11. The molecule has 0 radical (unpaired) electrons. The van der Waals surface area contributed by atoms with E-state index in [-0.39, 0.29) is 5.91 Å². The Morgan fingerprint density at radius 1 is 1.33 bits per heavy atom. The predicted molar refractivity (Wildman–Crippen MR) is 72.5 cm³/mol. The standard InChI is InChI=1S/C16H21NO/c1-11-3-2-4-14(7-11)16(18)17-10-15-9-12-5-6-13(15)8-12/h2-4,7,12-13,15H,5-6,8-10H2,1H3,(H,17,18)/t12-,13-,15+/m1/s1. The number of nitrogens with one attached hydrogen (secondary N) is 1. The summed E-state index contributed by atoms with van der Waals surface area (Å²) in [6.07, 6.45) is 5.55. The van der Waals surface area contributed by atoms with Crippen molar-refractivity contribution in [2.24, 2.45) is 17.8 Å². The normalized spacial score (nSPS) is 29.5. The zero-order valence-electron chi connectivity index (χ0n) is 11.0. The monoisotopic (exact) mass is 243 g/mol. The molecule has 2 aliphatic rings. The van der Waals surface area contributed by atoms with Gasteiger partial charge >= 0.3 is 0 Å². The van der Waals surface area contributed by atoms with Gasteiger partial charge in [0.25, 0.3) is 5.91 Å². The number of amides is 1. The first kappa shape index (κ1) is 11.8. The van der Waals surface area contributed by atoms with Gasteiger partial charge in [0.05, 0.1) is 0 Å². The summed E-state index contributed by atoms with van der Waals surface area (Å²) in [5, 5.41) is 3.11. The fourth-order valence-corrected chi connectivity index (χ4v) is 3.74. The summed E-state index contributed by atoms with van der Waals surface area (Å²) in [7, 11) is 0. The van der Waals surface area contributed by atoms with Gasteiger partial charge in [-0.05, 0) is 56.1 Å². The van der Waals surface area contributed by atoms with Crippen LogP contribution in [-0.4, -0.2) is 12.5 Å². The molecule has 0 heterocycles. The van der Waals surface area contributed by atoms with Gasteiger partial charge in [-0.3, -0.25) is 4.79 Å². The number of benzene rings is 1. The predicted octanol–water partition coefficient (Wildman–Crippen LogP) is 3.16. The lowest BCUT2D eigenvalue weighted by molar-refractivity contribution is 0.0941. The molecule has 2 heteroatoms. The quantitative estimate of drug-likeness (QED) is 0.868. The highest BCUT2D eigenvalue weighted by molar-refractivity contribution is 5.94. The number of hydrogen-bond donors (Lipinski definition) is 1. The third-order valence-corrected chi connectivity index (χ3v) is 4.69. The van der Waals surface area contributed by atoms with Gasteiger partial charge in [-0.1, -0.05) is 24.1 Å². The Labute approximate surface area is 109 Å². The Morgan fingerprint density at radius 2 is 2.22 bits per heavy atom. The smallest absolute Gasteiger partial charge is 0.251 e. The van der Waals surface area contributed by atoms with Crippen LogP contribution >= 0.6 is 0 Å². The summed E-state index contributed by atoms with van der Waals surface area (Å²) in [6, 6.07) is 7.81. The van der Waals surface area contributed by atoms with E-state index in [1.165, 1.54) is 25.7 Å². The van der Waals surface area contributed by atoms with Gasteiger partial charge in [0.2, 0.25) is 0 Å². The maximum atomic E-state index is 12.0. The Morgan fingerprint density at radius 3 is 2.89 bits per heavy atom. The van der Waals surface area contributed by atoms with Crippen LogP contribution in [0.1, 0.15) is 41.6 Å². The van der Waals surface area contributed by atoms with Crippen molar-refractivity contribution in [1.82, 2.24) is 5.32 Å². The second-order valence-corrected chi connectivity index (χ2v) is 6.01. The second-order valence-electron chi connectivity index (χ2n) is 6.01. The highest BCUT2D eigenvalue weighted by Crippen LogP contribution is 2.47. The average Bonchev–Trinajstić information content (AvgIpc) is 2.98. The first-order valence-electron chi connectivity index (χ1n) is 7.07. The molecule has 1 aromatic rings. The fourth-order valence-electron chi connectivity index (χ4n) is 3.74. The summed E-state index contributed by atoms with van der Waals surface area (Å²) < 4.78 is 0. The molecule has 2 fully saturated rings. The molecule has 96 valence electrons. The van der Waals surface area contributed by atoms with Crippen LogP contribution in [0.5, 0.6) is 0 Å². The number of carbonyl (C=O) groups excluding carboxylic acids is 1. The van der Waals surface area contributed by atoms with Crippen molar-refractivity contribution in [1.29, 1.82) is 0 Å². The molecule has 0 aromatic heterocycles. The summed E-state index contributed by atoms with van der Waals surface area (Å²) in [6.45, 7) is 2.89. The van der Waals surface area contributed by atoms with E-state index in [2.05, 4.69) is 5.32 Å². The van der Waals surface area contributed by atoms with Crippen LogP contribution < -0.4 is 5.32 Å². The zero-order valence-corrected chi connectivity index (χ0v) is 11.0. The van der Waals surface area contributed by atoms with E-state index < -0.39 is 0 Å². The van der Waals surface area contributed by atoms with Gasteiger partial charge in [0.15, 0.2) is 0 Å². The van der Waals surface area contributed by atoms with E-state index in [9.17, 15) is 4.79 Å². The molecule has 2 bridgehead atoms. The highest BCUT2D eigenvalue weighted by atomic mass is 16.1. The van der Waals surface area contributed by atoms with Crippen molar-refractivity contribution in [3.05, 3.63) is 35.4 Å². The van der Waals surface area contributed by atoms with Crippen molar-refractivity contribution >= 4 is 5.91 Å². The van der Waals surface area contributed by atoms with Crippen LogP contribution in [0.3, 0.4) is 0 Å². The molecule has 1 N–H and O–H groups in total. The molecule has 0 spiro atoms. The average molecular weight is 243 g/mol. The molecule has 0 unspecified atom stereocenters. The largest absolute Gasteiger partial charge is 0.352 e. The Hall–Kier alpha value is -1.31. The van der Waals surface area contributed by atoms with E-state index in [1.54, 1.807) is 0 Å². The number of aryl methyl sites for hydroxylation is 1. The summed E-state index contributed by atoms with van der Waals surface area (Å²) >= 11 is 0.